The van der Waals surface area contributed by atoms with Gasteiger partial charge in [-0.1, -0.05) is 12.5 Å². The molecule has 0 atom stereocenters. The van der Waals surface area contributed by atoms with E-state index in [4.69, 9.17) is 4.74 Å². The van der Waals surface area contributed by atoms with Gasteiger partial charge in [0.05, 0.1) is 6.61 Å². The molecule has 2 aliphatic rings. The van der Waals surface area contributed by atoms with Crippen LogP contribution < -0.4 is 14.8 Å². The number of nitrogens with zero attached hydrogens (tertiary/aromatic N) is 4. The second kappa shape index (κ2) is 12.5. The maximum atomic E-state index is 5.63. The maximum absolute atomic E-state index is 5.63. The number of benzene rings is 1. The number of rotatable bonds is 3. The van der Waals surface area contributed by atoms with Crippen LogP contribution in [0.25, 0.3) is 0 Å². The first kappa shape index (κ1) is 21.6. The third-order valence-electron chi connectivity index (χ3n) is 4.35. The largest absolute Gasteiger partial charge is 0.493 e. The van der Waals surface area contributed by atoms with E-state index in [1.165, 1.54) is 61.4 Å². The Bertz CT molecular complexity index is 795. The van der Waals surface area contributed by atoms with Crippen molar-refractivity contribution in [2.75, 3.05) is 24.4 Å². The minimum atomic E-state index is 0.814. The van der Waals surface area contributed by atoms with Crippen LogP contribution >= 0.6 is 23.5 Å². The molecular weight excluding hydrogens is 404 g/mol. The number of ether oxygens (including phenoxy) is 1. The van der Waals surface area contributed by atoms with E-state index < -0.39 is 0 Å². The number of piperidine rings is 1. The molecule has 2 aliphatic heterocycles. The van der Waals surface area contributed by atoms with Crippen LogP contribution in [0.15, 0.2) is 47.9 Å². The number of nitrogens with one attached hydrogen (secondary N) is 2. The summed E-state index contributed by atoms with van der Waals surface area (Å²) < 4.78 is 14.5. The summed E-state index contributed by atoms with van der Waals surface area (Å²) in [5.74, 6) is 1.01. The summed E-state index contributed by atoms with van der Waals surface area (Å²) >= 11 is 2.88. The van der Waals surface area contributed by atoms with E-state index in [0.29, 0.717) is 0 Å². The zero-order valence-electron chi connectivity index (χ0n) is 16.7. The predicted molar refractivity (Wildman–Crippen MR) is 120 cm³/mol. The average molecular weight is 433 g/mol. The highest BCUT2D eigenvalue weighted by Gasteiger charge is 2.10. The first-order chi connectivity index (χ1) is 14.3. The van der Waals surface area contributed by atoms with Gasteiger partial charge in [0.1, 0.15) is 12.1 Å². The van der Waals surface area contributed by atoms with Crippen LogP contribution in [0.3, 0.4) is 0 Å². The lowest BCUT2D eigenvalue weighted by Crippen LogP contribution is -2.21. The van der Waals surface area contributed by atoms with Gasteiger partial charge in [0.25, 0.3) is 0 Å². The minimum absolute atomic E-state index is 0.814. The van der Waals surface area contributed by atoms with Crippen molar-refractivity contribution in [2.24, 2.45) is 7.05 Å². The lowest BCUT2D eigenvalue weighted by atomic mass is 10.1. The first-order valence-electron chi connectivity index (χ1n) is 9.91. The van der Waals surface area contributed by atoms with E-state index in [-0.39, 0.29) is 0 Å². The number of anilines is 1. The van der Waals surface area contributed by atoms with Crippen molar-refractivity contribution in [2.45, 2.75) is 37.0 Å². The normalized spacial score (nSPS) is 14.9. The zero-order valence-corrected chi connectivity index (χ0v) is 18.3. The molecule has 0 radical (unpaired) electrons. The zero-order chi connectivity index (χ0) is 20.2. The molecule has 2 N–H and O–H groups in total. The molecule has 5 rings (SSSR count). The van der Waals surface area contributed by atoms with E-state index in [1.807, 2.05) is 19.3 Å². The third kappa shape index (κ3) is 8.04. The topological polar surface area (TPSA) is 76.9 Å². The summed E-state index contributed by atoms with van der Waals surface area (Å²) in [6, 6.07) is 8.21. The van der Waals surface area contributed by atoms with Crippen molar-refractivity contribution in [1.82, 2.24) is 24.5 Å². The summed E-state index contributed by atoms with van der Waals surface area (Å²) in [5.41, 5.74) is 1.30. The Morgan fingerprint density at radius 1 is 1.21 bits per heavy atom. The SMILES string of the molecule is C1CCNCC1.Cn1cccn1.c1nsc(NSc2ccc3c(c2)OCCC3)n1. The van der Waals surface area contributed by atoms with Crippen LogP contribution in [0.5, 0.6) is 5.75 Å². The second-order valence-electron chi connectivity index (χ2n) is 6.66. The van der Waals surface area contributed by atoms with Crippen molar-refractivity contribution < 1.29 is 4.74 Å². The number of aromatic nitrogens is 4. The highest BCUT2D eigenvalue weighted by atomic mass is 32.2. The molecule has 1 fully saturated rings. The smallest absolute Gasteiger partial charge is 0.212 e. The molecule has 7 nitrogen and oxygen atoms in total. The Morgan fingerprint density at radius 2 is 2.10 bits per heavy atom. The molecule has 0 unspecified atom stereocenters. The fourth-order valence-corrected chi connectivity index (χ4v) is 3.97. The van der Waals surface area contributed by atoms with Crippen molar-refractivity contribution in [3.05, 3.63) is 48.5 Å². The standard InChI is InChI=1S/C11H11N3OS2.C5H11N.C4H6N2/c1-2-8-3-4-9(6-10(8)15-5-1)16-14-11-12-7-13-17-11;1-2-4-6-5-3-1;1-6-4-2-3-5-6/h3-4,6-7H,1-2,5H2,(H,12,13,14);6H,1-5H2;2-4H,1H3. The molecule has 0 aliphatic carbocycles. The van der Waals surface area contributed by atoms with E-state index in [1.54, 1.807) is 17.2 Å². The summed E-state index contributed by atoms with van der Waals surface area (Å²) in [5, 5.41) is 7.93. The first-order valence-corrected chi connectivity index (χ1v) is 11.5. The quantitative estimate of drug-likeness (QED) is 0.602. The Labute approximate surface area is 180 Å². The summed E-state index contributed by atoms with van der Waals surface area (Å²) in [7, 11) is 1.89. The van der Waals surface area contributed by atoms with Crippen molar-refractivity contribution in [1.29, 1.82) is 0 Å². The molecule has 3 aromatic rings. The van der Waals surface area contributed by atoms with Crippen molar-refractivity contribution in [3.63, 3.8) is 0 Å². The van der Waals surface area contributed by atoms with Crippen LogP contribution in [-0.4, -0.2) is 38.8 Å². The van der Waals surface area contributed by atoms with Gasteiger partial charge in [0.15, 0.2) is 0 Å². The minimum Gasteiger partial charge on any atom is -0.493 e. The molecule has 156 valence electrons. The van der Waals surface area contributed by atoms with Crippen LogP contribution in [0.2, 0.25) is 0 Å². The number of fused-ring (bicyclic) bond motifs is 1. The molecule has 0 spiro atoms. The van der Waals surface area contributed by atoms with Gasteiger partial charge in [-0.15, -0.1) is 0 Å². The highest BCUT2D eigenvalue weighted by Crippen LogP contribution is 2.30. The Balaban J connectivity index is 0.000000163. The molecule has 0 bridgehead atoms. The number of aryl methyl sites for hydroxylation is 2. The van der Waals surface area contributed by atoms with Gasteiger partial charge < -0.3 is 14.8 Å². The van der Waals surface area contributed by atoms with Gasteiger partial charge in [-0.25, -0.2) is 4.98 Å². The molecular formula is C20H28N6OS2. The average Bonchev–Trinajstić information content (AvgIpc) is 3.48. The molecule has 2 aromatic heterocycles. The molecule has 29 heavy (non-hydrogen) atoms. The molecule has 0 saturated carbocycles. The van der Waals surface area contributed by atoms with Gasteiger partial charge in [-0.05, 0) is 74.5 Å². The maximum Gasteiger partial charge on any atom is 0.212 e. The Kier molecular flexibility index (Phi) is 9.28. The van der Waals surface area contributed by atoms with Gasteiger partial charge >= 0.3 is 0 Å². The van der Waals surface area contributed by atoms with E-state index in [0.717, 1.165) is 35.2 Å². The van der Waals surface area contributed by atoms with Crippen LogP contribution in [0.4, 0.5) is 5.13 Å². The second-order valence-corrected chi connectivity index (χ2v) is 8.32. The molecule has 9 heteroatoms. The van der Waals surface area contributed by atoms with Crippen LogP contribution in [0.1, 0.15) is 31.2 Å². The summed E-state index contributed by atoms with van der Waals surface area (Å²) in [4.78, 5) is 5.19. The monoisotopic (exact) mass is 432 g/mol. The third-order valence-corrected chi connectivity index (χ3v) is 5.84. The van der Waals surface area contributed by atoms with Gasteiger partial charge in [-0.3, -0.25) is 4.68 Å². The van der Waals surface area contributed by atoms with Crippen LogP contribution in [0, 0.1) is 0 Å². The van der Waals surface area contributed by atoms with Gasteiger partial charge in [0.2, 0.25) is 5.13 Å². The van der Waals surface area contributed by atoms with Gasteiger partial charge in [-0.2, -0.15) is 9.47 Å². The van der Waals surface area contributed by atoms with Gasteiger partial charge in [0, 0.05) is 35.9 Å². The Morgan fingerprint density at radius 3 is 2.69 bits per heavy atom. The lowest BCUT2D eigenvalue weighted by molar-refractivity contribution is 0.287. The fourth-order valence-electron chi connectivity index (χ4n) is 2.85. The summed E-state index contributed by atoms with van der Waals surface area (Å²) in [6.07, 6.45) is 11.6. The van der Waals surface area contributed by atoms with E-state index >= 15 is 0 Å². The number of hydrogen-bond acceptors (Lipinski definition) is 8. The molecule has 0 amide bonds. The highest BCUT2D eigenvalue weighted by molar-refractivity contribution is 8.00. The van der Waals surface area contributed by atoms with Crippen LogP contribution in [-0.2, 0) is 13.5 Å². The predicted octanol–water partition coefficient (Wildman–Crippen LogP) is 4.16. The van der Waals surface area contributed by atoms with E-state index in [2.05, 4.69) is 42.7 Å². The molecule has 1 saturated heterocycles. The lowest BCUT2D eigenvalue weighted by Gasteiger charge is -2.17. The van der Waals surface area contributed by atoms with E-state index in [9.17, 15) is 0 Å². The Hall–Kier alpha value is -2.10. The van der Waals surface area contributed by atoms with Crippen molar-refractivity contribution in [3.8, 4) is 5.75 Å². The van der Waals surface area contributed by atoms with Crippen molar-refractivity contribution >= 4 is 28.6 Å². The summed E-state index contributed by atoms with van der Waals surface area (Å²) in [6.45, 7) is 3.32. The fraction of sp³-hybridized carbons (Fsp3) is 0.450. The number of hydrogen-bond donors (Lipinski definition) is 2. The molecule has 4 heterocycles. The molecule has 1 aromatic carbocycles.